The van der Waals surface area contributed by atoms with Crippen molar-refractivity contribution >= 4 is 0 Å². The molecule has 112 valence electrons. The minimum atomic E-state index is -0.0286. The third-order valence-corrected chi connectivity index (χ3v) is 3.85. The van der Waals surface area contributed by atoms with E-state index in [1.807, 2.05) is 12.3 Å². The molecular formula is C16H20N2O3. The van der Waals surface area contributed by atoms with E-state index in [2.05, 4.69) is 25.9 Å². The molecule has 1 aliphatic heterocycles. The quantitative estimate of drug-likeness (QED) is 0.850. The number of pyridine rings is 1. The smallest absolute Gasteiger partial charge is 0.251 e. The SMILES string of the molecule is CC(C)(C)c1ccn(Cc2noc3c2COCC3)c(=O)c1. The van der Waals surface area contributed by atoms with E-state index in [0.29, 0.717) is 19.8 Å². The summed E-state index contributed by atoms with van der Waals surface area (Å²) in [4.78, 5) is 12.3. The molecule has 0 radical (unpaired) electrons. The Balaban J connectivity index is 1.89. The van der Waals surface area contributed by atoms with Gasteiger partial charge in [0.2, 0.25) is 0 Å². The number of fused-ring (bicyclic) bond motifs is 1. The van der Waals surface area contributed by atoms with Crippen LogP contribution >= 0.6 is 0 Å². The van der Waals surface area contributed by atoms with Crippen LogP contribution in [0.1, 0.15) is 43.4 Å². The van der Waals surface area contributed by atoms with Gasteiger partial charge in [0.25, 0.3) is 5.56 Å². The Hall–Kier alpha value is -1.88. The van der Waals surface area contributed by atoms with E-state index in [-0.39, 0.29) is 11.0 Å². The first-order valence-electron chi connectivity index (χ1n) is 7.20. The maximum absolute atomic E-state index is 12.3. The Morgan fingerprint density at radius 1 is 1.38 bits per heavy atom. The number of hydrogen-bond acceptors (Lipinski definition) is 4. The van der Waals surface area contributed by atoms with Crippen molar-refractivity contribution in [3.63, 3.8) is 0 Å². The number of rotatable bonds is 2. The maximum atomic E-state index is 12.3. The third kappa shape index (κ3) is 2.78. The lowest BCUT2D eigenvalue weighted by atomic mass is 9.88. The van der Waals surface area contributed by atoms with E-state index >= 15 is 0 Å². The van der Waals surface area contributed by atoms with E-state index in [9.17, 15) is 4.79 Å². The fourth-order valence-electron chi connectivity index (χ4n) is 2.47. The second-order valence-electron chi connectivity index (χ2n) is 6.47. The van der Waals surface area contributed by atoms with Gasteiger partial charge < -0.3 is 13.8 Å². The van der Waals surface area contributed by atoms with Crippen molar-refractivity contribution in [2.75, 3.05) is 6.61 Å². The number of ether oxygens (including phenoxy) is 1. The molecule has 21 heavy (non-hydrogen) atoms. The fraction of sp³-hybridized carbons (Fsp3) is 0.500. The summed E-state index contributed by atoms with van der Waals surface area (Å²) in [6.45, 7) is 7.89. The highest BCUT2D eigenvalue weighted by Gasteiger charge is 2.20. The molecule has 0 amide bonds. The predicted molar refractivity (Wildman–Crippen MR) is 78.4 cm³/mol. The summed E-state index contributed by atoms with van der Waals surface area (Å²) >= 11 is 0. The summed E-state index contributed by atoms with van der Waals surface area (Å²) < 4.78 is 12.4. The van der Waals surface area contributed by atoms with Gasteiger partial charge in [-0.05, 0) is 17.0 Å². The van der Waals surface area contributed by atoms with Gasteiger partial charge in [-0.1, -0.05) is 25.9 Å². The largest absolute Gasteiger partial charge is 0.376 e. The first kappa shape index (κ1) is 14.1. The van der Waals surface area contributed by atoms with Crippen molar-refractivity contribution in [1.82, 2.24) is 9.72 Å². The van der Waals surface area contributed by atoms with Crippen molar-refractivity contribution in [2.45, 2.75) is 45.8 Å². The molecule has 1 aliphatic rings. The average molecular weight is 288 g/mol. The Morgan fingerprint density at radius 2 is 2.19 bits per heavy atom. The normalized spacial score (nSPS) is 15.0. The molecule has 5 heteroatoms. The maximum Gasteiger partial charge on any atom is 0.251 e. The Kier molecular flexibility index (Phi) is 3.45. The number of aromatic nitrogens is 2. The predicted octanol–water partition coefficient (Wildman–Crippen LogP) is 2.25. The summed E-state index contributed by atoms with van der Waals surface area (Å²) in [5.41, 5.74) is 2.77. The van der Waals surface area contributed by atoms with Gasteiger partial charge in [-0.25, -0.2) is 0 Å². The van der Waals surface area contributed by atoms with Crippen LogP contribution in [0.3, 0.4) is 0 Å². The highest BCUT2D eigenvalue weighted by molar-refractivity contribution is 5.25. The third-order valence-electron chi connectivity index (χ3n) is 3.85. The molecule has 0 fully saturated rings. The zero-order valence-electron chi connectivity index (χ0n) is 12.7. The van der Waals surface area contributed by atoms with E-state index in [0.717, 1.165) is 29.0 Å². The summed E-state index contributed by atoms with van der Waals surface area (Å²) in [5, 5.41) is 4.09. The molecule has 0 N–H and O–H groups in total. The topological polar surface area (TPSA) is 57.3 Å². The Morgan fingerprint density at radius 3 is 2.90 bits per heavy atom. The van der Waals surface area contributed by atoms with Crippen LogP contribution in [0.15, 0.2) is 27.6 Å². The molecule has 0 saturated carbocycles. The monoisotopic (exact) mass is 288 g/mol. The molecule has 2 aromatic heterocycles. The Bertz CT molecular complexity index is 707. The van der Waals surface area contributed by atoms with Crippen LogP contribution in [0.4, 0.5) is 0 Å². The zero-order valence-corrected chi connectivity index (χ0v) is 12.7. The molecule has 0 atom stereocenters. The molecule has 0 bridgehead atoms. The fourth-order valence-corrected chi connectivity index (χ4v) is 2.47. The van der Waals surface area contributed by atoms with Gasteiger partial charge in [0.1, 0.15) is 11.5 Å². The lowest BCUT2D eigenvalue weighted by Gasteiger charge is -2.19. The molecule has 3 heterocycles. The molecule has 5 nitrogen and oxygen atoms in total. The highest BCUT2D eigenvalue weighted by Crippen LogP contribution is 2.22. The van der Waals surface area contributed by atoms with Crippen molar-refractivity contribution in [1.29, 1.82) is 0 Å². The first-order chi connectivity index (χ1) is 9.95. The first-order valence-corrected chi connectivity index (χ1v) is 7.20. The number of hydrogen-bond donors (Lipinski definition) is 0. The number of nitrogens with zero attached hydrogens (tertiary/aromatic N) is 2. The average Bonchev–Trinajstić information content (AvgIpc) is 2.83. The Labute approximate surface area is 123 Å². The molecule has 0 unspecified atom stereocenters. The van der Waals surface area contributed by atoms with E-state index in [4.69, 9.17) is 9.26 Å². The summed E-state index contributed by atoms with van der Waals surface area (Å²) in [5.74, 6) is 0.885. The van der Waals surface area contributed by atoms with Crippen LogP contribution in [0.5, 0.6) is 0 Å². The van der Waals surface area contributed by atoms with E-state index < -0.39 is 0 Å². The minimum Gasteiger partial charge on any atom is -0.376 e. The van der Waals surface area contributed by atoms with Gasteiger partial charge in [0.15, 0.2) is 0 Å². The zero-order chi connectivity index (χ0) is 15.0. The lowest BCUT2D eigenvalue weighted by molar-refractivity contribution is 0.102. The molecule has 0 spiro atoms. The molecule has 3 rings (SSSR count). The summed E-state index contributed by atoms with van der Waals surface area (Å²) in [7, 11) is 0. The van der Waals surface area contributed by atoms with Crippen LogP contribution in [0.25, 0.3) is 0 Å². The van der Waals surface area contributed by atoms with Crippen LogP contribution < -0.4 is 5.56 Å². The van der Waals surface area contributed by atoms with Crippen molar-refractivity contribution in [3.05, 3.63) is 51.3 Å². The summed E-state index contributed by atoms with van der Waals surface area (Å²) in [6.07, 6.45) is 2.58. The van der Waals surface area contributed by atoms with Gasteiger partial charge in [0, 0.05) is 24.2 Å². The molecule has 0 saturated heterocycles. The van der Waals surface area contributed by atoms with E-state index in [1.165, 1.54) is 0 Å². The van der Waals surface area contributed by atoms with Gasteiger partial charge in [-0.2, -0.15) is 0 Å². The van der Waals surface area contributed by atoms with Crippen LogP contribution in [0.2, 0.25) is 0 Å². The standard InChI is InChI=1S/C16H20N2O3/c1-16(2,3)11-4-6-18(15(19)8-11)9-13-12-10-20-7-5-14(12)21-17-13/h4,6,8H,5,7,9-10H2,1-3H3. The second-order valence-corrected chi connectivity index (χ2v) is 6.47. The van der Waals surface area contributed by atoms with Crippen LogP contribution in [-0.2, 0) is 29.7 Å². The van der Waals surface area contributed by atoms with Gasteiger partial charge >= 0.3 is 0 Å². The van der Waals surface area contributed by atoms with Gasteiger partial charge in [0.05, 0.1) is 19.8 Å². The highest BCUT2D eigenvalue weighted by atomic mass is 16.5. The van der Waals surface area contributed by atoms with Crippen LogP contribution in [-0.4, -0.2) is 16.3 Å². The molecule has 0 aromatic carbocycles. The molecule has 0 aliphatic carbocycles. The second kappa shape index (κ2) is 5.15. The van der Waals surface area contributed by atoms with Crippen molar-refractivity contribution < 1.29 is 9.26 Å². The summed E-state index contributed by atoms with van der Waals surface area (Å²) in [6, 6.07) is 3.69. The van der Waals surface area contributed by atoms with Crippen LogP contribution in [0, 0.1) is 0 Å². The van der Waals surface area contributed by atoms with Crippen molar-refractivity contribution in [3.8, 4) is 0 Å². The van der Waals surface area contributed by atoms with E-state index in [1.54, 1.807) is 10.6 Å². The lowest BCUT2D eigenvalue weighted by Crippen LogP contribution is -2.24. The molecule has 2 aromatic rings. The van der Waals surface area contributed by atoms with Crippen molar-refractivity contribution in [2.24, 2.45) is 0 Å². The molecular weight excluding hydrogens is 268 g/mol. The van der Waals surface area contributed by atoms with Gasteiger partial charge in [-0.3, -0.25) is 4.79 Å². The van der Waals surface area contributed by atoms with Gasteiger partial charge in [-0.15, -0.1) is 0 Å². The minimum absolute atomic E-state index is 0.0177.